The molecule has 0 fully saturated rings. The van der Waals surface area contributed by atoms with E-state index in [1.165, 1.54) is 5.56 Å². The Balaban J connectivity index is 1.32. The number of nitrogens with one attached hydrogen (secondary N) is 1. The van der Waals surface area contributed by atoms with Crippen molar-refractivity contribution in [2.24, 2.45) is 0 Å². The number of benzene rings is 3. The summed E-state index contributed by atoms with van der Waals surface area (Å²) in [5, 5.41) is 2.83. The van der Waals surface area contributed by atoms with Crippen molar-refractivity contribution in [3.63, 3.8) is 0 Å². The molecule has 7 heteroatoms. The number of anilines is 2. The Morgan fingerprint density at radius 3 is 2.63 bits per heavy atom. The molecule has 35 heavy (non-hydrogen) atoms. The fourth-order valence-electron chi connectivity index (χ4n) is 3.80. The Morgan fingerprint density at radius 2 is 1.83 bits per heavy atom. The maximum atomic E-state index is 12.5. The third kappa shape index (κ3) is 6.12. The number of carbonyl (C=O) groups is 2. The third-order valence-electron chi connectivity index (χ3n) is 5.92. The Labute approximate surface area is 205 Å². The van der Waals surface area contributed by atoms with Crippen LogP contribution >= 0.6 is 0 Å². The molecule has 3 aromatic carbocycles. The SMILES string of the molecule is Cc1ccc(OCCCN2C(=O)COc3cc(NC(=O)COc4cccc(C)c4C)ccc32)cc1. The first kappa shape index (κ1) is 24.1. The number of amides is 2. The van der Waals surface area contributed by atoms with Gasteiger partial charge < -0.3 is 24.4 Å². The second-order valence-electron chi connectivity index (χ2n) is 8.57. The summed E-state index contributed by atoms with van der Waals surface area (Å²) >= 11 is 0. The van der Waals surface area contributed by atoms with Crippen LogP contribution in [0.4, 0.5) is 11.4 Å². The molecule has 0 spiro atoms. The summed E-state index contributed by atoms with van der Waals surface area (Å²) in [7, 11) is 0. The highest BCUT2D eigenvalue weighted by molar-refractivity contribution is 5.99. The number of ether oxygens (including phenoxy) is 3. The number of rotatable bonds is 9. The van der Waals surface area contributed by atoms with E-state index < -0.39 is 0 Å². The fourth-order valence-corrected chi connectivity index (χ4v) is 3.80. The van der Waals surface area contributed by atoms with E-state index in [1.807, 2.05) is 63.2 Å². The lowest BCUT2D eigenvalue weighted by Gasteiger charge is -2.29. The molecular weight excluding hydrogens is 444 g/mol. The number of fused-ring (bicyclic) bond motifs is 1. The number of aryl methyl sites for hydroxylation is 2. The van der Waals surface area contributed by atoms with Crippen molar-refractivity contribution in [2.45, 2.75) is 27.2 Å². The first-order chi connectivity index (χ1) is 16.9. The van der Waals surface area contributed by atoms with E-state index in [4.69, 9.17) is 14.2 Å². The summed E-state index contributed by atoms with van der Waals surface area (Å²) < 4.78 is 17.1. The van der Waals surface area contributed by atoms with Gasteiger partial charge in [-0.3, -0.25) is 9.59 Å². The number of hydrogen-bond acceptors (Lipinski definition) is 5. The molecule has 0 unspecified atom stereocenters. The van der Waals surface area contributed by atoms with Gasteiger partial charge in [0.05, 0.1) is 12.3 Å². The molecule has 0 atom stereocenters. The van der Waals surface area contributed by atoms with E-state index in [2.05, 4.69) is 5.32 Å². The molecule has 1 aliphatic rings. The molecule has 0 aliphatic carbocycles. The van der Waals surface area contributed by atoms with Crippen molar-refractivity contribution < 1.29 is 23.8 Å². The van der Waals surface area contributed by atoms with Gasteiger partial charge in [0.25, 0.3) is 11.8 Å². The fraction of sp³-hybridized carbons (Fsp3) is 0.286. The van der Waals surface area contributed by atoms with Gasteiger partial charge in [-0.1, -0.05) is 29.8 Å². The molecule has 0 radical (unpaired) electrons. The van der Waals surface area contributed by atoms with Crippen molar-refractivity contribution >= 4 is 23.2 Å². The summed E-state index contributed by atoms with van der Waals surface area (Å²) in [4.78, 5) is 26.6. The van der Waals surface area contributed by atoms with Crippen LogP contribution in [-0.2, 0) is 9.59 Å². The van der Waals surface area contributed by atoms with Gasteiger partial charge in [0.15, 0.2) is 13.2 Å². The van der Waals surface area contributed by atoms with Crippen molar-refractivity contribution in [3.05, 3.63) is 77.4 Å². The van der Waals surface area contributed by atoms with Crippen molar-refractivity contribution in [1.29, 1.82) is 0 Å². The minimum Gasteiger partial charge on any atom is -0.494 e. The van der Waals surface area contributed by atoms with Crippen LogP contribution < -0.4 is 24.4 Å². The van der Waals surface area contributed by atoms with Gasteiger partial charge in [-0.25, -0.2) is 0 Å². The molecule has 2 amide bonds. The Hall–Kier alpha value is -4.00. The maximum Gasteiger partial charge on any atom is 0.265 e. The Morgan fingerprint density at radius 1 is 1.03 bits per heavy atom. The first-order valence-corrected chi connectivity index (χ1v) is 11.7. The molecule has 182 valence electrons. The molecular formula is C28H30N2O5. The van der Waals surface area contributed by atoms with Crippen LogP contribution in [0, 0.1) is 20.8 Å². The van der Waals surface area contributed by atoms with E-state index >= 15 is 0 Å². The van der Waals surface area contributed by atoms with E-state index in [9.17, 15) is 9.59 Å². The van der Waals surface area contributed by atoms with Crippen LogP contribution in [0.2, 0.25) is 0 Å². The Kier molecular flexibility index (Phi) is 7.55. The largest absolute Gasteiger partial charge is 0.494 e. The average Bonchev–Trinajstić information content (AvgIpc) is 2.85. The van der Waals surface area contributed by atoms with E-state index in [0.717, 1.165) is 16.9 Å². The molecule has 3 aromatic rings. The third-order valence-corrected chi connectivity index (χ3v) is 5.92. The van der Waals surface area contributed by atoms with Gasteiger partial charge in [-0.2, -0.15) is 0 Å². The second kappa shape index (κ2) is 11.0. The maximum absolute atomic E-state index is 12.5. The molecule has 7 nitrogen and oxygen atoms in total. The van der Waals surface area contributed by atoms with E-state index in [0.29, 0.717) is 42.4 Å². The van der Waals surface area contributed by atoms with Gasteiger partial charge in [0, 0.05) is 18.3 Å². The molecule has 1 aliphatic heterocycles. The quantitative estimate of drug-likeness (QED) is 0.450. The molecule has 4 rings (SSSR count). The lowest BCUT2D eigenvalue weighted by atomic mass is 10.1. The zero-order valence-electron chi connectivity index (χ0n) is 20.3. The van der Waals surface area contributed by atoms with Crippen LogP contribution in [-0.4, -0.2) is 38.2 Å². The van der Waals surface area contributed by atoms with E-state index in [-0.39, 0.29) is 25.0 Å². The number of carbonyl (C=O) groups excluding carboxylic acids is 2. The Bertz CT molecular complexity index is 1210. The van der Waals surface area contributed by atoms with Crippen LogP contribution in [0.3, 0.4) is 0 Å². The average molecular weight is 475 g/mol. The number of nitrogens with zero attached hydrogens (tertiary/aromatic N) is 1. The zero-order chi connectivity index (χ0) is 24.8. The van der Waals surface area contributed by atoms with Gasteiger partial charge in [-0.05, 0) is 68.7 Å². The molecule has 1 N–H and O–H groups in total. The predicted molar refractivity (Wildman–Crippen MR) is 136 cm³/mol. The van der Waals surface area contributed by atoms with Crippen LogP contribution in [0.15, 0.2) is 60.7 Å². The summed E-state index contributed by atoms with van der Waals surface area (Å²) in [5.41, 5.74) is 4.56. The highest BCUT2D eigenvalue weighted by atomic mass is 16.5. The molecule has 1 heterocycles. The molecule has 0 saturated carbocycles. The highest BCUT2D eigenvalue weighted by Crippen LogP contribution is 2.34. The van der Waals surface area contributed by atoms with Crippen molar-refractivity contribution in [2.75, 3.05) is 36.6 Å². The smallest absolute Gasteiger partial charge is 0.265 e. The van der Waals surface area contributed by atoms with Gasteiger partial charge in [0.2, 0.25) is 0 Å². The van der Waals surface area contributed by atoms with Gasteiger partial charge in [-0.15, -0.1) is 0 Å². The zero-order valence-corrected chi connectivity index (χ0v) is 20.3. The predicted octanol–water partition coefficient (Wildman–Crippen LogP) is 4.82. The summed E-state index contributed by atoms with van der Waals surface area (Å²) in [6, 6.07) is 18.9. The van der Waals surface area contributed by atoms with E-state index in [1.54, 1.807) is 23.1 Å². The minimum atomic E-state index is -0.275. The topological polar surface area (TPSA) is 77.1 Å². The lowest BCUT2D eigenvalue weighted by molar-refractivity contribution is -0.121. The monoisotopic (exact) mass is 474 g/mol. The highest BCUT2D eigenvalue weighted by Gasteiger charge is 2.25. The second-order valence-corrected chi connectivity index (χ2v) is 8.57. The normalized spacial score (nSPS) is 12.5. The standard InChI is InChI=1S/C28H30N2O5/c1-19-8-11-23(12-9-19)33-15-5-14-30-24-13-10-22(16-26(24)35-18-28(30)32)29-27(31)17-34-25-7-4-6-20(2)21(25)3/h4,6-13,16H,5,14-15,17-18H2,1-3H3,(H,29,31). The summed E-state index contributed by atoms with van der Waals surface area (Å²) in [6.07, 6.45) is 0.674. The molecule has 0 bridgehead atoms. The lowest BCUT2D eigenvalue weighted by Crippen LogP contribution is -2.39. The van der Waals surface area contributed by atoms with Crippen LogP contribution in [0.5, 0.6) is 17.2 Å². The van der Waals surface area contributed by atoms with Gasteiger partial charge >= 0.3 is 0 Å². The molecule has 0 aromatic heterocycles. The van der Waals surface area contributed by atoms with Crippen LogP contribution in [0.1, 0.15) is 23.1 Å². The number of hydrogen-bond donors (Lipinski definition) is 1. The summed E-state index contributed by atoms with van der Waals surface area (Å²) in [5.74, 6) is 1.67. The first-order valence-electron chi connectivity index (χ1n) is 11.7. The van der Waals surface area contributed by atoms with Crippen molar-refractivity contribution in [3.8, 4) is 17.2 Å². The molecule has 0 saturated heterocycles. The van der Waals surface area contributed by atoms with Crippen molar-refractivity contribution in [1.82, 2.24) is 0 Å². The van der Waals surface area contributed by atoms with Gasteiger partial charge in [0.1, 0.15) is 17.2 Å². The van der Waals surface area contributed by atoms with Crippen LogP contribution in [0.25, 0.3) is 0 Å². The minimum absolute atomic E-state index is 0.0427. The summed E-state index contributed by atoms with van der Waals surface area (Å²) in [6.45, 7) is 6.86.